The maximum Gasteiger partial charge on any atom is 0.157 e. The molecule has 0 aromatic rings. The molecule has 0 amide bonds. The Morgan fingerprint density at radius 3 is 2.38 bits per heavy atom. The molecule has 0 aromatic carbocycles. The Hall–Kier alpha value is -0.200. The molecule has 5 nitrogen and oxygen atoms in total. The van der Waals surface area contributed by atoms with Gasteiger partial charge in [0.1, 0.15) is 0 Å². The Morgan fingerprint density at radius 2 is 1.94 bits per heavy atom. The zero-order valence-electron chi connectivity index (χ0n) is 10.1. The fourth-order valence-corrected chi connectivity index (χ4v) is 1.23. The highest BCUT2D eigenvalue weighted by Gasteiger charge is 2.12. The highest BCUT2D eigenvalue weighted by molar-refractivity contribution is 4.53. The molecule has 0 spiro atoms. The van der Waals surface area contributed by atoms with Gasteiger partial charge in [0.25, 0.3) is 0 Å². The SMILES string of the molecule is NCCCO.NCCCOC1CCCCO1. The zero-order chi connectivity index (χ0) is 12.1. The topological polar surface area (TPSA) is 90.7 Å². The fourth-order valence-electron chi connectivity index (χ4n) is 1.23. The molecule has 16 heavy (non-hydrogen) atoms. The predicted octanol–water partition coefficient (Wildman–Crippen LogP) is 0.206. The number of aliphatic hydroxyl groups excluding tert-OH is 1. The third-order valence-electron chi connectivity index (χ3n) is 2.15. The first-order valence-corrected chi connectivity index (χ1v) is 6.09. The third kappa shape index (κ3) is 10.3. The summed E-state index contributed by atoms with van der Waals surface area (Å²) in [5.41, 5.74) is 10.3. The lowest BCUT2D eigenvalue weighted by molar-refractivity contribution is -0.162. The Kier molecular flexibility index (Phi) is 12.7. The van der Waals surface area contributed by atoms with Crippen molar-refractivity contribution < 1.29 is 14.6 Å². The second-order valence-electron chi connectivity index (χ2n) is 3.67. The lowest BCUT2D eigenvalue weighted by Crippen LogP contribution is -2.23. The maximum atomic E-state index is 7.99. The normalized spacial score (nSPS) is 20.1. The van der Waals surface area contributed by atoms with E-state index in [0.717, 1.165) is 32.5 Å². The summed E-state index contributed by atoms with van der Waals surface area (Å²) in [6.45, 7) is 3.11. The van der Waals surface area contributed by atoms with Gasteiger partial charge in [0.05, 0.1) is 6.61 Å². The van der Waals surface area contributed by atoms with Crippen LogP contribution in [0.4, 0.5) is 0 Å². The molecule has 0 bridgehead atoms. The molecular weight excluding hydrogens is 208 g/mol. The minimum absolute atomic E-state index is 0.0512. The standard InChI is InChI=1S/C8H17NO2.C3H9NO/c9-5-3-7-11-8-4-1-2-6-10-8;4-2-1-3-5/h8H,1-7,9H2;5H,1-4H2. The van der Waals surface area contributed by atoms with Crippen molar-refractivity contribution in [2.45, 2.75) is 38.4 Å². The van der Waals surface area contributed by atoms with Crippen LogP contribution in [0.25, 0.3) is 0 Å². The van der Waals surface area contributed by atoms with Gasteiger partial charge in [-0.3, -0.25) is 0 Å². The van der Waals surface area contributed by atoms with Gasteiger partial charge in [-0.05, 0) is 45.2 Å². The van der Waals surface area contributed by atoms with Crippen LogP contribution in [-0.2, 0) is 9.47 Å². The molecule has 98 valence electrons. The number of aliphatic hydroxyl groups is 1. The van der Waals surface area contributed by atoms with Crippen LogP contribution in [0.3, 0.4) is 0 Å². The molecular formula is C11H26N2O3. The van der Waals surface area contributed by atoms with Gasteiger partial charge in [-0.2, -0.15) is 0 Å². The molecule has 0 aliphatic carbocycles. The van der Waals surface area contributed by atoms with Crippen molar-refractivity contribution in [3.05, 3.63) is 0 Å². The van der Waals surface area contributed by atoms with E-state index in [1.54, 1.807) is 0 Å². The first-order valence-electron chi connectivity index (χ1n) is 6.09. The quantitative estimate of drug-likeness (QED) is 0.571. The highest BCUT2D eigenvalue weighted by atomic mass is 16.7. The number of rotatable bonds is 6. The molecule has 0 radical (unpaired) electrons. The second-order valence-corrected chi connectivity index (χ2v) is 3.67. The molecule has 1 aliphatic heterocycles. The number of hydrogen-bond acceptors (Lipinski definition) is 5. The summed E-state index contributed by atoms with van der Waals surface area (Å²) >= 11 is 0. The summed E-state index contributed by atoms with van der Waals surface area (Å²) < 4.78 is 10.8. The minimum atomic E-state index is 0.0512. The molecule has 1 unspecified atom stereocenters. The van der Waals surface area contributed by atoms with Gasteiger partial charge in [-0.15, -0.1) is 0 Å². The van der Waals surface area contributed by atoms with Crippen LogP contribution in [0.1, 0.15) is 32.1 Å². The molecule has 0 saturated carbocycles. The smallest absolute Gasteiger partial charge is 0.157 e. The molecule has 1 fully saturated rings. The van der Waals surface area contributed by atoms with Crippen molar-refractivity contribution in [3.63, 3.8) is 0 Å². The van der Waals surface area contributed by atoms with Crippen molar-refractivity contribution >= 4 is 0 Å². The van der Waals surface area contributed by atoms with Crippen molar-refractivity contribution in [3.8, 4) is 0 Å². The summed E-state index contributed by atoms with van der Waals surface area (Å²) in [5.74, 6) is 0. The van der Waals surface area contributed by atoms with Gasteiger partial charge in [0, 0.05) is 13.2 Å². The van der Waals surface area contributed by atoms with E-state index in [1.807, 2.05) is 0 Å². The second kappa shape index (κ2) is 12.9. The van der Waals surface area contributed by atoms with Crippen molar-refractivity contribution in [1.29, 1.82) is 0 Å². The van der Waals surface area contributed by atoms with E-state index in [1.165, 1.54) is 12.8 Å². The summed E-state index contributed by atoms with van der Waals surface area (Å²) in [5, 5.41) is 7.99. The van der Waals surface area contributed by atoms with Crippen LogP contribution in [-0.4, -0.2) is 44.3 Å². The molecule has 0 aromatic heterocycles. The highest BCUT2D eigenvalue weighted by Crippen LogP contribution is 2.13. The van der Waals surface area contributed by atoms with E-state index in [9.17, 15) is 0 Å². The van der Waals surface area contributed by atoms with Crippen LogP contribution >= 0.6 is 0 Å². The fraction of sp³-hybridized carbons (Fsp3) is 1.00. The summed E-state index contributed by atoms with van der Waals surface area (Å²) in [6.07, 6.45) is 5.16. The molecule has 1 rings (SSSR count). The number of nitrogens with two attached hydrogens (primary N) is 2. The van der Waals surface area contributed by atoms with Crippen molar-refractivity contribution in [1.82, 2.24) is 0 Å². The minimum Gasteiger partial charge on any atom is -0.396 e. The first kappa shape index (κ1) is 15.8. The zero-order valence-corrected chi connectivity index (χ0v) is 10.1. The average molecular weight is 234 g/mol. The van der Waals surface area contributed by atoms with Crippen LogP contribution in [0, 0.1) is 0 Å². The molecule has 1 saturated heterocycles. The van der Waals surface area contributed by atoms with Gasteiger partial charge in [0.15, 0.2) is 6.29 Å². The summed E-state index contributed by atoms with van der Waals surface area (Å²) in [7, 11) is 0. The number of hydrogen-bond donors (Lipinski definition) is 3. The largest absolute Gasteiger partial charge is 0.396 e. The number of ether oxygens (including phenoxy) is 2. The Morgan fingerprint density at radius 1 is 1.19 bits per heavy atom. The predicted molar refractivity (Wildman–Crippen MR) is 64.0 cm³/mol. The summed E-state index contributed by atoms with van der Waals surface area (Å²) in [4.78, 5) is 0. The summed E-state index contributed by atoms with van der Waals surface area (Å²) in [6, 6.07) is 0. The molecule has 5 N–H and O–H groups in total. The van der Waals surface area contributed by atoms with Crippen LogP contribution < -0.4 is 11.5 Å². The van der Waals surface area contributed by atoms with E-state index in [2.05, 4.69) is 0 Å². The first-order chi connectivity index (χ1) is 7.85. The Balaban J connectivity index is 0.000000385. The molecule has 1 aliphatic rings. The van der Waals surface area contributed by atoms with Gasteiger partial charge in [-0.25, -0.2) is 0 Å². The molecule has 5 heteroatoms. The van der Waals surface area contributed by atoms with E-state index in [0.29, 0.717) is 13.1 Å². The van der Waals surface area contributed by atoms with Crippen LogP contribution in [0.5, 0.6) is 0 Å². The average Bonchev–Trinajstić information content (AvgIpc) is 2.33. The van der Waals surface area contributed by atoms with Gasteiger partial charge in [-0.1, -0.05) is 0 Å². The van der Waals surface area contributed by atoms with Gasteiger partial charge < -0.3 is 26.0 Å². The molecule has 1 heterocycles. The Labute approximate surface area is 98.1 Å². The third-order valence-corrected chi connectivity index (χ3v) is 2.15. The van der Waals surface area contributed by atoms with E-state index < -0.39 is 0 Å². The lowest BCUT2D eigenvalue weighted by Gasteiger charge is -2.22. The van der Waals surface area contributed by atoms with Crippen LogP contribution in [0.15, 0.2) is 0 Å². The van der Waals surface area contributed by atoms with Gasteiger partial charge >= 0.3 is 0 Å². The monoisotopic (exact) mass is 234 g/mol. The van der Waals surface area contributed by atoms with Crippen molar-refractivity contribution in [2.75, 3.05) is 32.9 Å². The lowest BCUT2D eigenvalue weighted by atomic mass is 10.2. The maximum absolute atomic E-state index is 7.99. The Bertz CT molecular complexity index is 128. The van der Waals surface area contributed by atoms with Crippen molar-refractivity contribution in [2.24, 2.45) is 11.5 Å². The van der Waals surface area contributed by atoms with E-state index >= 15 is 0 Å². The van der Waals surface area contributed by atoms with E-state index in [4.69, 9.17) is 26.0 Å². The van der Waals surface area contributed by atoms with Crippen LogP contribution in [0.2, 0.25) is 0 Å². The molecule has 1 atom stereocenters. The van der Waals surface area contributed by atoms with Gasteiger partial charge in [0.2, 0.25) is 0 Å². The van der Waals surface area contributed by atoms with E-state index in [-0.39, 0.29) is 12.9 Å².